The topological polar surface area (TPSA) is 243 Å². The van der Waals surface area contributed by atoms with Gasteiger partial charge in [-0.05, 0) is 0 Å². The van der Waals surface area contributed by atoms with E-state index in [0.29, 0.717) is 0 Å². The maximum absolute atomic E-state index is 7.33. The van der Waals surface area contributed by atoms with Crippen LogP contribution in [0.1, 0.15) is 0 Å². The average molecular weight is 512 g/mol. The van der Waals surface area contributed by atoms with Gasteiger partial charge in [0.15, 0.2) is 0 Å². The molecule has 0 aliphatic rings. The summed E-state index contributed by atoms with van der Waals surface area (Å²) >= 11 is 0. The van der Waals surface area contributed by atoms with Gasteiger partial charge in [-0.25, -0.2) is 0 Å². The van der Waals surface area contributed by atoms with Crippen LogP contribution >= 0.6 is 0 Å². The van der Waals surface area contributed by atoms with E-state index in [4.69, 9.17) is 57.5 Å². The van der Waals surface area contributed by atoms with Gasteiger partial charge in [0.05, 0.1) is 0 Å². The molecule has 0 atom stereocenters. The summed E-state index contributed by atoms with van der Waals surface area (Å²) < 4.78 is 0. The first-order chi connectivity index (χ1) is 6.00. The van der Waals surface area contributed by atoms with E-state index < -0.39 is 27.1 Å². The number of rotatable bonds is 0. The van der Waals surface area contributed by atoms with E-state index in [2.05, 4.69) is 0 Å². The van der Waals surface area contributed by atoms with Gasteiger partial charge in [0.1, 0.15) is 0 Å². The number of hydrogen-bond donors (Lipinski definition) is 12. The largest absolute Gasteiger partial charge is 0.668 e. The number of hydrogen-bond acceptors (Lipinski definition) is 12. The molecule has 19 heteroatoms. The summed E-state index contributed by atoms with van der Waals surface area (Å²) in [6, 6.07) is 0. The maximum atomic E-state index is 7.33. The predicted octanol–water partition coefficient (Wildman–Crippen LogP) is -7.84. The molecule has 0 amide bonds. The standard InChI is InChI=1S/4Fe.3H4O4Si/c;;;;3*1-5(2,3)4/h;;;;3*1-4H. The molecule has 0 aromatic carbocycles. The summed E-state index contributed by atoms with van der Waals surface area (Å²) in [5.74, 6) is 0. The van der Waals surface area contributed by atoms with Crippen molar-refractivity contribution in [3.63, 3.8) is 0 Å². The molecule has 0 saturated carbocycles. The molecule has 19 heavy (non-hydrogen) atoms. The molecule has 12 nitrogen and oxygen atoms in total. The molecule has 0 aliphatic heterocycles. The van der Waals surface area contributed by atoms with E-state index in [0.717, 1.165) is 0 Å². The van der Waals surface area contributed by atoms with E-state index in [9.17, 15) is 0 Å². The molecule has 0 aliphatic carbocycles. The molecule has 0 rings (SSSR count). The van der Waals surface area contributed by atoms with E-state index in [-0.39, 0.29) is 68.3 Å². The van der Waals surface area contributed by atoms with Crippen molar-refractivity contribution in [2.75, 3.05) is 0 Å². The molecule has 0 heterocycles. The molecular formula is H12Fe4O12Si3. The van der Waals surface area contributed by atoms with Crippen molar-refractivity contribution in [3.8, 4) is 0 Å². The van der Waals surface area contributed by atoms with Crippen molar-refractivity contribution in [1.82, 2.24) is 0 Å². The third kappa shape index (κ3) is 1330. The Bertz CT molecular complexity index is 100.0. The molecular weight excluding hydrogens is 500 g/mol. The summed E-state index contributed by atoms with van der Waals surface area (Å²) in [4.78, 5) is 87.9. The fraction of sp³-hybridized carbons (Fsp3) is 0. The van der Waals surface area contributed by atoms with Gasteiger partial charge in [0.25, 0.3) is 0 Å². The minimum Gasteiger partial charge on any atom is -0.368 e. The van der Waals surface area contributed by atoms with Crippen LogP contribution in [-0.4, -0.2) is 84.7 Å². The summed E-state index contributed by atoms with van der Waals surface area (Å²) in [5.41, 5.74) is 0. The zero-order valence-electron chi connectivity index (χ0n) is 8.28. The van der Waals surface area contributed by atoms with E-state index >= 15 is 0 Å². The van der Waals surface area contributed by atoms with Gasteiger partial charge in [0, 0.05) is 68.3 Å². The normalized spacial score (nSPS) is 9.47. The molecule has 0 fully saturated rings. The molecule has 0 saturated heterocycles. The smallest absolute Gasteiger partial charge is 0.368 e. The predicted molar refractivity (Wildman–Crippen MR) is 43.9 cm³/mol. The van der Waals surface area contributed by atoms with Crippen LogP contribution in [0.15, 0.2) is 0 Å². The van der Waals surface area contributed by atoms with Crippen LogP contribution in [0.2, 0.25) is 0 Å². The Morgan fingerprint density at radius 3 is 0.263 bits per heavy atom. The van der Waals surface area contributed by atoms with Crippen molar-refractivity contribution in [3.05, 3.63) is 0 Å². The quantitative estimate of drug-likeness (QED) is 0.136. The van der Waals surface area contributed by atoms with E-state index in [1.807, 2.05) is 0 Å². The van der Waals surface area contributed by atoms with Crippen LogP contribution in [0.25, 0.3) is 0 Å². The van der Waals surface area contributed by atoms with Crippen LogP contribution < -0.4 is 0 Å². The third-order valence-electron chi connectivity index (χ3n) is 0. The second-order valence-electron chi connectivity index (χ2n) is 1.80. The van der Waals surface area contributed by atoms with Crippen molar-refractivity contribution in [2.45, 2.75) is 0 Å². The summed E-state index contributed by atoms with van der Waals surface area (Å²) in [6.07, 6.45) is 0. The van der Waals surface area contributed by atoms with Crippen LogP contribution in [0.3, 0.4) is 0 Å². The van der Waals surface area contributed by atoms with Gasteiger partial charge < -0.3 is 57.5 Å². The SMILES string of the molecule is O[Si](O)(O)O.O[Si](O)(O)O.O[Si](O)(O)O.[Fe].[Fe].[Fe].[Fe]. The van der Waals surface area contributed by atoms with Crippen molar-refractivity contribution in [2.24, 2.45) is 0 Å². The zero-order valence-corrected chi connectivity index (χ0v) is 15.7. The Morgan fingerprint density at radius 1 is 0.263 bits per heavy atom. The first-order valence-corrected chi connectivity index (χ1v) is 8.05. The minimum absolute atomic E-state index is 0. The fourth-order valence-electron chi connectivity index (χ4n) is 0. The average Bonchev–Trinajstić information content (AvgIpc) is 1.41. The van der Waals surface area contributed by atoms with Crippen LogP contribution in [-0.2, 0) is 68.3 Å². The van der Waals surface area contributed by atoms with Gasteiger partial charge in [0.2, 0.25) is 0 Å². The Morgan fingerprint density at radius 2 is 0.263 bits per heavy atom. The van der Waals surface area contributed by atoms with E-state index in [1.54, 1.807) is 0 Å². The van der Waals surface area contributed by atoms with Crippen molar-refractivity contribution >= 4 is 27.1 Å². The molecule has 0 spiro atoms. The van der Waals surface area contributed by atoms with Gasteiger partial charge in [-0.2, -0.15) is 0 Å². The van der Waals surface area contributed by atoms with Gasteiger partial charge >= 0.3 is 27.1 Å². The Labute approximate surface area is 152 Å². The molecule has 12 N–H and O–H groups in total. The molecule has 128 valence electrons. The zero-order chi connectivity index (χ0) is 13.5. The summed E-state index contributed by atoms with van der Waals surface area (Å²) in [5, 5.41) is 0. The second kappa shape index (κ2) is 18.3. The Hall–Kier alpha value is 2.25. The Kier molecular flexibility index (Phi) is 41.3. The Balaban J connectivity index is -0.0000000206. The first-order valence-electron chi connectivity index (χ1n) is 2.68. The fourth-order valence-corrected chi connectivity index (χ4v) is 0. The first kappa shape index (κ1) is 42.9. The monoisotopic (exact) mass is 512 g/mol. The third-order valence-corrected chi connectivity index (χ3v) is 0. The van der Waals surface area contributed by atoms with Crippen LogP contribution in [0, 0.1) is 0 Å². The molecule has 0 bridgehead atoms. The van der Waals surface area contributed by atoms with Gasteiger partial charge in [-0.1, -0.05) is 0 Å². The van der Waals surface area contributed by atoms with Crippen LogP contribution in [0.5, 0.6) is 0 Å². The van der Waals surface area contributed by atoms with Gasteiger partial charge in [-0.15, -0.1) is 0 Å². The molecule has 0 unspecified atom stereocenters. The molecule has 0 aromatic rings. The molecule has 0 aromatic heterocycles. The summed E-state index contributed by atoms with van der Waals surface area (Å²) in [7, 11) is -13.8. The second-order valence-corrected chi connectivity index (χ2v) is 5.40. The van der Waals surface area contributed by atoms with E-state index in [1.165, 1.54) is 0 Å². The van der Waals surface area contributed by atoms with Crippen LogP contribution in [0.4, 0.5) is 0 Å². The van der Waals surface area contributed by atoms with Crippen molar-refractivity contribution < 1.29 is 126 Å². The minimum atomic E-state index is -4.61. The molecule has 0 radical (unpaired) electrons. The van der Waals surface area contributed by atoms with Crippen molar-refractivity contribution in [1.29, 1.82) is 0 Å². The van der Waals surface area contributed by atoms with Gasteiger partial charge in [-0.3, -0.25) is 0 Å². The maximum Gasteiger partial charge on any atom is 0.668 e. The summed E-state index contributed by atoms with van der Waals surface area (Å²) in [6.45, 7) is 0.